The zero-order valence-electron chi connectivity index (χ0n) is 11.3. The van der Waals surface area contributed by atoms with Crippen LogP contribution in [0, 0.1) is 5.92 Å². The van der Waals surface area contributed by atoms with Crippen molar-refractivity contribution in [1.82, 2.24) is 10.2 Å². The lowest BCUT2D eigenvalue weighted by Gasteiger charge is -2.36. The number of carbonyl (C=O) groups is 1. The highest BCUT2D eigenvalue weighted by atomic mass is 32.2. The largest absolute Gasteiger partial charge is 0.362 e. The first kappa shape index (κ1) is 13.7. The quantitative estimate of drug-likeness (QED) is 0.848. The molecule has 1 heterocycles. The van der Waals surface area contributed by atoms with E-state index in [1.807, 2.05) is 11.8 Å². The van der Waals surface area contributed by atoms with E-state index >= 15 is 0 Å². The Labute approximate surface area is 114 Å². The SMILES string of the molecule is CN(C)C(=O)CCN=C1NC2CCCCC2CS1. The molecule has 0 bridgehead atoms. The van der Waals surface area contributed by atoms with E-state index in [1.54, 1.807) is 19.0 Å². The van der Waals surface area contributed by atoms with Gasteiger partial charge in [-0.1, -0.05) is 24.6 Å². The molecule has 0 aromatic rings. The summed E-state index contributed by atoms with van der Waals surface area (Å²) in [6.45, 7) is 0.601. The first-order chi connectivity index (χ1) is 8.66. The number of thioether (sulfide) groups is 1. The Morgan fingerprint density at radius 3 is 3.00 bits per heavy atom. The number of carbonyl (C=O) groups excluding carboxylic acids is 1. The third kappa shape index (κ3) is 3.64. The minimum atomic E-state index is 0.149. The molecule has 5 heteroatoms. The molecular weight excluding hydrogens is 246 g/mol. The van der Waals surface area contributed by atoms with Crippen molar-refractivity contribution in [3.05, 3.63) is 0 Å². The summed E-state index contributed by atoms with van der Waals surface area (Å²) in [5.74, 6) is 2.17. The summed E-state index contributed by atoms with van der Waals surface area (Å²) in [7, 11) is 3.57. The number of amides is 1. The topological polar surface area (TPSA) is 44.7 Å². The van der Waals surface area contributed by atoms with Crippen LogP contribution in [0.3, 0.4) is 0 Å². The second-order valence-corrected chi connectivity index (χ2v) is 6.34. The van der Waals surface area contributed by atoms with Gasteiger partial charge < -0.3 is 10.2 Å². The van der Waals surface area contributed by atoms with Gasteiger partial charge in [-0.25, -0.2) is 0 Å². The summed E-state index contributed by atoms with van der Waals surface area (Å²) in [6.07, 6.45) is 5.86. The fourth-order valence-electron chi connectivity index (χ4n) is 2.55. The van der Waals surface area contributed by atoms with Crippen molar-refractivity contribution in [1.29, 1.82) is 0 Å². The summed E-state index contributed by atoms with van der Waals surface area (Å²) in [6, 6.07) is 0.628. The zero-order chi connectivity index (χ0) is 13.0. The maximum atomic E-state index is 11.4. The number of hydrogen-bond donors (Lipinski definition) is 1. The van der Waals surface area contributed by atoms with Gasteiger partial charge in [0.1, 0.15) is 0 Å². The Balaban J connectivity index is 1.78. The molecule has 2 unspecified atom stereocenters. The monoisotopic (exact) mass is 269 g/mol. The van der Waals surface area contributed by atoms with Crippen LogP contribution in [0.2, 0.25) is 0 Å². The van der Waals surface area contributed by atoms with Gasteiger partial charge in [-0.2, -0.15) is 0 Å². The second kappa shape index (κ2) is 6.45. The number of fused-ring (bicyclic) bond motifs is 1. The van der Waals surface area contributed by atoms with Gasteiger partial charge in [-0.05, 0) is 18.8 Å². The lowest BCUT2D eigenvalue weighted by Crippen LogP contribution is -2.46. The van der Waals surface area contributed by atoms with Crippen LogP contribution in [0.25, 0.3) is 0 Å². The molecule has 2 atom stereocenters. The second-order valence-electron chi connectivity index (χ2n) is 5.33. The van der Waals surface area contributed by atoms with Crippen LogP contribution in [0.15, 0.2) is 4.99 Å². The average molecular weight is 269 g/mol. The minimum Gasteiger partial charge on any atom is -0.362 e. The third-order valence-corrected chi connectivity index (χ3v) is 4.85. The molecule has 102 valence electrons. The van der Waals surface area contributed by atoms with E-state index < -0.39 is 0 Å². The molecule has 0 radical (unpaired) electrons. The van der Waals surface area contributed by atoms with Gasteiger partial charge in [0.05, 0.1) is 6.54 Å². The molecule has 2 aliphatic rings. The first-order valence-corrected chi connectivity index (χ1v) is 7.79. The van der Waals surface area contributed by atoms with Gasteiger partial charge in [-0.15, -0.1) is 0 Å². The molecule has 1 N–H and O–H groups in total. The highest BCUT2D eigenvalue weighted by molar-refractivity contribution is 8.13. The van der Waals surface area contributed by atoms with Crippen molar-refractivity contribution in [2.75, 3.05) is 26.4 Å². The maximum absolute atomic E-state index is 11.4. The van der Waals surface area contributed by atoms with Crippen LogP contribution < -0.4 is 5.32 Å². The van der Waals surface area contributed by atoms with Crippen LogP contribution in [0.1, 0.15) is 32.1 Å². The molecule has 1 aliphatic carbocycles. The van der Waals surface area contributed by atoms with Crippen LogP contribution in [0.4, 0.5) is 0 Å². The van der Waals surface area contributed by atoms with Crippen LogP contribution in [-0.2, 0) is 4.79 Å². The van der Waals surface area contributed by atoms with Crippen molar-refractivity contribution >= 4 is 22.8 Å². The van der Waals surface area contributed by atoms with Crippen molar-refractivity contribution in [2.24, 2.45) is 10.9 Å². The minimum absolute atomic E-state index is 0.149. The molecule has 0 aromatic heterocycles. The van der Waals surface area contributed by atoms with Crippen LogP contribution in [-0.4, -0.2) is 48.4 Å². The number of amidine groups is 1. The molecule has 2 fully saturated rings. The molecular formula is C13H23N3OS. The normalized spacial score (nSPS) is 29.6. The van der Waals surface area contributed by atoms with Gasteiger partial charge in [0.15, 0.2) is 5.17 Å². The van der Waals surface area contributed by atoms with Gasteiger partial charge in [-0.3, -0.25) is 9.79 Å². The highest BCUT2D eigenvalue weighted by Crippen LogP contribution is 2.31. The molecule has 1 saturated heterocycles. The number of rotatable bonds is 3. The predicted octanol–water partition coefficient (Wildman–Crippen LogP) is 1.72. The maximum Gasteiger partial charge on any atom is 0.223 e. The number of nitrogens with zero attached hydrogens (tertiary/aromatic N) is 2. The van der Waals surface area contributed by atoms with Crippen LogP contribution >= 0.6 is 11.8 Å². The fraction of sp³-hybridized carbons (Fsp3) is 0.846. The lowest BCUT2D eigenvalue weighted by atomic mass is 9.86. The van der Waals surface area contributed by atoms with Crippen LogP contribution in [0.5, 0.6) is 0 Å². The fourth-order valence-corrected chi connectivity index (χ4v) is 3.74. The average Bonchev–Trinajstić information content (AvgIpc) is 2.38. The Kier molecular flexibility index (Phi) is 4.92. The van der Waals surface area contributed by atoms with Gasteiger partial charge in [0, 0.05) is 32.3 Å². The standard InChI is InChI=1S/C13H23N3OS/c1-16(2)12(17)7-8-14-13-15-11-6-4-3-5-10(11)9-18-13/h10-11H,3-9H2,1-2H3,(H,14,15). The summed E-state index contributed by atoms with van der Waals surface area (Å²) in [5, 5.41) is 4.59. The zero-order valence-corrected chi connectivity index (χ0v) is 12.1. The highest BCUT2D eigenvalue weighted by Gasteiger charge is 2.30. The summed E-state index contributed by atoms with van der Waals surface area (Å²) >= 11 is 1.82. The first-order valence-electron chi connectivity index (χ1n) is 6.81. The summed E-state index contributed by atoms with van der Waals surface area (Å²) in [4.78, 5) is 17.6. The molecule has 2 rings (SSSR count). The Morgan fingerprint density at radius 2 is 2.22 bits per heavy atom. The smallest absolute Gasteiger partial charge is 0.223 e. The van der Waals surface area contributed by atoms with Gasteiger partial charge >= 0.3 is 0 Å². The van der Waals surface area contributed by atoms with Crippen molar-refractivity contribution < 1.29 is 4.79 Å². The lowest BCUT2D eigenvalue weighted by molar-refractivity contribution is -0.128. The number of hydrogen-bond acceptors (Lipinski definition) is 3. The molecule has 18 heavy (non-hydrogen) atoms. The Morgan fingerprint density at radius 1 is 1.44 bits per heavy atom. The van der Waals surface area contributed by atoms with Crippen molar-refractivity contribution in [3.8, 4) is 0 Å². The number of nitrogens with one attached hydrogen (secondary N) is 1. The van der Waals surface area contributed by atoms with E-state index in [0.717, 1.165) is 11.1 Å². The van der Waals surface area contributed by atoms with Crippen molar-refractivity contribution in [2.45, 2.75) is 38.1 Å². The van der Waals surface area contributed by atoms with E-state index in [0.29, 0.717) is 19.0 Å². The van der Waals surface area contributed by atoms with E-state index in [9.17, 15) is 4.79 Å². The van der Waals surface area contributed by atoms with Gasteiger partial charge in [0.25, 0.3) is 0 Å². The third-order valence-electron chi connectivity index (χ3n) is 3.73. The van der Waals surface area contributed by atoms with E-state index in [2.05, 4.69) is 10.3 Å². The molecule has 1 saturated carbocycles. The molecule has 1 amide bonds. The molecule has 0 aromatic carbocycles. The van der Waals surface area contributed by atoms with E-state index in [-0.39, 0.29) is 5.91 Å². The summed E-state index contributed by atoms with van der Waals surface area (Å²) in [5.41, 5.74) is 0. The van der Waals surface area contributed by atoms with E-state index in [1.165, 1.54) is 31.4 Å². The Bertz CT molecular complexity index is 330. The number of aliphatic imine (C=N–C) groups is 1. The Hall–Kier alpha value is -0.710. The molecule has 1 aliphatic heterocycles. The predicted molar refractivity (Wildman–Crippen MR) is 77.0 cm³/mol. The molecule has 4 nitrogen and oxygen atoms in total. The van der Waals surface area contributed by atoms with Gasteiger partial charge in [0.2, 0.25) is 5.91 Å². The molecule has 0 spiro atoms. The van der Waals surface area contributed by atoms with E-state index in [4.69, 9.17) is 0 Å². The summed E-state index contributed by atoms with van der Waals surface area (Å²) < 4.78 is 0. The van der Waals surface area contributed by atoms with Crippen molar-refractivity contribution in [3.63, 3.8) is 0 Å².